The smallest absolute Gasteiger partial charge is 0.137 e. The van der Waals surface area contributed by atoms with E-state index < -0.39 is 0 Å². The minimum absolute atomic E-state index is 0. The average Bonchev–Trinajstić information content (AvgIpc) is 2.10. The summed E-state index contributed by atoms with van der Waals surface area (Å²) in [5, 5.41) is 0. The van der Waals surface area contributed by atoms with Gasteiger partial charge in [0, 0.05) is 6.04 Å². The van der Waals surface area contributed by atoms with Crippen molar-refractivity contribution in [2.75, 3.05) is 6.54 Å². The Morgan fingerprint density at radius 2 is 2.07 bits per heavy atom. The molecule has 5 heteroatoms. The third-order valence-electron chi connectivity index (χ3n) is 1.85. The number of rotatable bonds is 3. The lowest BCUT2D eigenvalue weighted by molar-refractivity contribution is 0.606. The Morgan fingerprint density at radius 3 is 2.57 bits per heavy atom. The van der Waals surface area contributed by atoms with E-state index in [9.17, 15) is 4.39 Å². The van der Waals surface area contributed by atoms with Crippen molar-refractivity contribution in [2.24, 2.45) is 11.5 Å². The molecule has 0 aliphatic rings. The normalized spacial score (nSPS) is 12.0. The molecule has 2 nitrogen and oxygen atoms in total. The van der Waals surface area contributed by atoms with Crippen LogP contribution in [-0.4, -0.2) is 6.54 Å². The van der Waals surface area contributed by atoms with Gasteiger partial charge in [0.25, 0.3) is 0 Å². The van der Waals surface area contributed by atoms with E-state index in [-0.39, 0.29) is 24.3 Å². The van der Waals surface area contributed by atoms with E-state index in [0.29, 0.717) is 17.4 Å². The topological polar surface area (TPSA) is 52.0 Å². The quantitative estimate of drug-likeness (QED) is 0.895. The molecule has 0 spiro atoms. The molecule has 0 fully saturated rings. The summed E-state index contributed by atoms with van der Waals surface area (Å²) in [4.78, 5) is 0. The van der Waals surface area contributed by atoms with Crippen LogP contribution in [0.4, 0.5) is 4.39 Å². The molecule has 0 aliphatic carbocycles. The van der Waals surface area contributed by atoms with Crippen molar-refractivity contribution in [1.29, 1.82) is 0 Å². The van der Waals surface area contributed by atoms with E-state index in [2.05, 4.69) is 15.9 Å². The summed E-state index contributed by atoms with van der Waals surface area (Å²) in [6, 6.07) is 4.71. The van der Waals surface area contributed by atoms with Gasteiger partial charge in [0.1, 0.15) is 5.82 Å². The molecule has 1 aromatic rings. The fourth-order valence-electron chi connectivity index (χ4n) is 1.09. The van der Waals surface area contributed by atoms with Crippen LogP contribution in [0.25, 0.3) is 0 Å². The summed E-state index contributed by atoms with van der Waals surface area (Å²) in [5.74, 6) is -0.287. The first-order chi connectivity index (χ1) is 6.15. The van der Waals surface area contributed by atoms with Crippen LogP contribution >= 0.6 is 28.3 Å². The van der Waals surface area contributed by atoms with E-state index in [1.807, 2.05) is 0 Å². The molecule has 4 N–H and O–H groups in total. The molecule has 80 valence electrons. The van der Waals surface area contributed by atoms with Gasteiger partial charge in [0.05, 0.1) is 4.47 Å². The Kier molecular flexibility index (Phi) is 6.27. The number of hydrogen-bond donors (Lipinski definition) is 2. The lowest BCUT2D eigenvalue weighted by atomic mass is 10.1. The molecule has 14 heavy (non-hydrogen) atoms. The third-order valence-corrected chi connectivity index (χ3v) is 2.49. The molecule has 0 bridgehead atoms. The van der Waals surface area contributed by atoms with E-state index in [0.717, 1.165) is 5.56 Å². The Labute approximate surface area is 97.4 Å². The fraction of sp³-hybridized carbons (Fsp3) is 0.333. The predicted octanol–water partition coefficient (Wildman–Crippen LogP) is 2.36. The molecule has 0 amide bonds. The maximum atomic E-state index is 13.0. The number of hydrogen-bond acceptors (Lipinski definition) is 2. The summed E-state index contributed by atoms with van der Waals surface area (Å²) >= 11 is 3.08. The van der Waals surface area contributed by atoms with Gasteiger partial charge >= 0.3 is 0 Å². The van der Waals surface area contributed by atoms with Gasteiger partial charge in [-0.25, -0.2) is 4.39 Å². The zero-order chi connectivity index (χ0) is 9.84. The van der Waals surface area contributed by atoms with Crippen molar-refractivity contribution >= 4 is 28.3 Å². The Balaban J connectivity index is 0.00000169. The summed E-state index contributed by atoms with van der Waals surface area (Å²) in [6.07, 6.45) is 0.668. The zero-order valence-corrected chi connectivity index (χ0v) is 9.94. The van der Waals surface area contributed by atoms with Gasteiger partial charge in [-0.3, -0.25) is 0 Å². The first-order valence-corrected chi connectivity index (χ1v) is 4.85. The number of benzene rings is 1. The maximum absolute atomic E-state index is 13.0. The summed E-state index contributed by atoms with van der Waals surface area (Å²) in [7, 11) is 0. The lowest BCUT2D eigenvalue weighted by Crippen LogP contribution is -2.15. The van der Waals surface area contributed by atoms with E-state index in [1.165, 1.54) is 6.07 Å². The molecule has 0 heterocycles. The van der Waals surface area contributed by atoms with Crippen molar-refractivity contribution in [1.82, 2.24) is 0 Å². The molecule has 1 rings (SSSR count). The first kappa shape index (κ1) is 13.8. The highest BCUT2D eigenvalue weighted by Gasteiger charge is 2.07. The van der Waals surface area contributed by atoms with E-state index in [4.69, 9.17) is 11.5 Å². The largest absolute Gasteiger partial charge is 0.330 e. The van der Waals surface area contributed by atoms with Gasteiger partial charge in [-0.1, -0.05) is 6.07 Å². The van der Waals surface area contributed by atoms with Crippen LogP contribution in [-0.2, 0) is 0 Å². The van der Waals surface area contributed by atoms with Crippen LogP contribution in [0.3, 0.4) is 0 Å². The lowest BCUT2D eigenvalue weighted by Gasteiger charge is -2.10. The SMILES string of the molecule is Cl.NCC[C@@H](N)c1ccc(Br)c(F)c1. The van der Waals surface area contributed by atoms with Crippen molar-refractivity contribution in [3.8, 4) is 0 Å². The highest BCUT2D eigenvalue weighted by molar-refractivity contribution is 9.10. The maximum Gasteiger partial charge on any atom is 0.137 e. The van der Waals surface area contributed by atoms with Crippen molar-refractivity contribution in [3.63, 3.8) is 0 Å². The van der Waals surface area contributed by atoms with Gasteiger partial charge in [-0.2, -0.15) is 0 Å². The van der Waals surface area contributed by atoms with E-state index in [1.54, 1.807) is 12.1 Å². The van der Waals surface area contributed by atoms with Gasteiger partial charge in [-0.15, -0.1) is 12.4 Å². The summed E-state index contributed by atoms with van der Waals surface area (Å²) < 4.78 is 13.5. The molecule has 1 atom stereocenters. The molecule has 0 radical (unpaired) electrons. The first-order valence-electron chi connectivity index (χ1n) is 4.05. The molecule has 0 aromatic heterocycles. The fourth-order valence-corrected chi connectivity index (χ4v) is 1.34. The molecule has 0 saturated carbocycles. The standard InChI is InChI=1S/C9H12BrFN2.ClH/c10-7-2-1-6(5-8(7)11)9(13)3-4-12;/h1-2,5,9H,3-4,12-13H2;1H/t9-;/m1./s1. The molecule has 0 unspecified atom stereocenters. The van der Waals surface area contributed by atoms with Crippen molar-refractivity contribution < 1.29 is 4.39 Å². The predicted molar refractivity (Wildman–Crippen MR) is 61.9 cm³/mol. The summed E-state index contributed by atoms with van der Waals surface area (Å²) in [5.41, 5.74) is 11.9. The van der Waals surface area contributed by atoms with E-state index >= 15 is 0 Å². The summed E-state index contributed by atoms with van der Waals surface area (Å²) in [6.45, 7) is 0.513. The second kappa shape index (κ2) is 6.35. The molecule has 1 aromatic carbocycles. The number of halogens is 3. The second-order valence-electron chi connectivity index (χ2n) is 2.86. The van der Waals surface area contributed by atoms with Gasteiger partial charge in [0.2, 0.25) is 0 Å². The highest BCUT2D eigenvalue weighted by Crippen LogP contribution is 2.20. The molecular formula is C9H13BrClFN2. The zero-order valence-electron chi connectivity index (χ0n) is 7.54. The van der Waals surface area contributed by atoms with Gasteiger partial charge in [0.15, 0.2) is 0 Å². The molecular weight excluding hydrogens is 270 g/mol. The monoisotopic (exact) mass is 282 g/mol. The van der Waals surface area contributed by atoms with Crippen LogP contribution in [0.2, 0.25) is 0 Å². The third kappa shape index (κ3) is 3.53. The minimum atomic E-state index is -0.287. The Hall–Kier alpha value is -0.160. The number of nitrogens with two attached hydrogens (primary N) is 2. The van der Waals surface area contributed by atoms with Gasteiger partial charge in [-0.05, 0) is 46.6 Å². The average molecular weight is 284 g/mol. The Morgan fingerprint density at radius 1 is 1.43 bits per heavy atom. The Bertz CT molecular complexity index is 296. The van der Waals surface area contributed by atoms with Crippen molar-refractivity contribution in [3.05, 3.63) is 34.1 Å². The van der Waals surface area contributed by atoms with Crippen LogP contribution in [0.15, 0.2) is 22.7 Å². The van der Waals surface area contributed by atoms with Crippen LogP contribution < -0.4 is 11.5 Å². The van der Waals surface area contributed by atoms with Crippen molar-refractivity contribution in [2.45, 2.75) is 12.5 Å². The second-order valence-corrected chi connectivity index (χ2v) is 3.71. The van der Waals surface area contributed by atoms with Crippen LogP contribution in [0, 0.1) is 5.82 Å². The van der Waals surface area contributed by atoms with Crippen LogP contribution in [0.1, 0.15) is 18.0 Å². The molecule has 0 aliphatic heterocycles. The minimum Gasteiger partial charge on any atom is -0.330 e. The van der Waals surface area contributed by atoms with Crippen LogP contribution in [0.5, 0.6) is 0 Å². The van der Waals surface area contributed by atoms with Gasteiger partial charge < -0.3 is 11.5 Å². The molecule has 0 saturated heterocycles. The highest BCUT2D eigenvalue weighted by atomic mass is 79.9.